The molecule has 1 aliphatic heterocycles. The lowest BCUT2D eigenvalue weighted by Crippen LogP contribution is -2.26. The average molecular weight is 236 g/mol. The van der Waals surface area contributed by atoms with Gasteiger partial charge in [-0.2, -0.15) is 0 Å². The summed E-state index contributed by atoms with van der Waals surface area (Å²) in [4.78, 5) is 13.0. The summed E-state index contributed by atoms with van der Waals surface area (Å²) >= 11 is 0. The van der Waals surface area contributed by atoms with Gasteiger partial charge in [-0.15, -0.1) is 0 Å². The number of hydrogen-bond donors (Lipinski definition) is 1. The number of carbonyl (C=O) groups is 1. The summed E-state index contributed by atoms with van der Waals surface area (Å²) in [5.41, 5.74) is 7.92. The fraction of sp³-hybridized carbons (Fsp3) is 0.615. The summed E-state index contributed by atoms with van der Waals surface area (Å²) < 4.78 is 5.01. The highest BCUT2D eigenvalue weighted by molar-refractivity contribution is 5.64. The van der Waals surface area contributed by atoms with E-state index in [0.717, 1.165) is 38.8 Å². The van der Waals surface area contributed by atoms with E-state index in [2.05, 4.69) is 24.1 Å². The van der Waals surface area contributed by atoms with Gasteiger partial charge in [-0.05, 0) is 37.5 Å². The zero-order valence-corrected chi connectivity index (χ0v) is 10.3. The molecule has 2 N–H and O–H groups in total. The maximum Gasteiger partial charge on any atom is 0.404 e. The lowest BCUT2D eigenvalue weighted by atomic mass is 9.89. The molecule has 2 aliphatic rings. The highest BCUT2D eigenvalue weighted by atomic mass is 16.6. The molecule has 0 aromatic carbocycles. The van der Waals surface area contributed by atoms with Crippen molar-refractivity contribution < 1.29 is 9.53 Å². The number of rotatable bonds is 2. The summed E-state index contributed by atoms with van der Waals surface area (Å²) in [6.45, 7) is 2.16. The van der Waals surface area contributed by atoms with E-state index in [1.165, 1.54) is 11.1 Å². The molecule has 4 heteroatoms. The summed E-state index contributed by atoms with van der Waals surface area (Å²) in [5, 5.41) is 0. The Morgan fingerprint density at radius 2 is 2.18 bits per heavy atom. The molecule has 94 valence electrons. The summed E-state index contributed by atoms with van der Waals surface area (Å²) in [6, 6.07) is 0. The van der Waals surface area contributed by atoms with Crippen LogP contribution in [0.4, 0.5) is 4.79 Å². The fourth-order valence-electron chi connectivity index (χ4n) is 2.44. The molecule has 1 amide bonds. The topological polar surface area (TPSA) is 55.6 Å². The van der Waals surface area contributed by atoms with Crippen molar-refractivity contribution in [2.24, 2.45) is 5.73 Å². The van der Waals surface area contributed by atoms with E-state index in [-0.39, 0.29) is 6.10 Å². The molecule has 0 saturated carbocycles. The molecule has 1 aliphatic carbocycles. The first-order valence-corrected chi connectivity index (χ1v) is 6.18. The Morgan fingerprint density at radius 1 is 1.41 bits per heavy atom. The fourth-order valence-corrected chi connectivity index (χ4v) is 2.44. The highest BCUT2D eigenvalue weighted by Crippen LogP contribution is 2.28. The molecule has 1 atom stereocenters. The van der Waals surface area contributed by atoms with Crippen molar-refractivity contribution in [2.75, 3.05) is 20.1 Å². The predicted octanol–water partition coefficient (Wildman–Crippen LogP) is 1.82. The second kappa shape index (κ2) is 5.36. The molecule has 4 nitrogen and oxygen atoms in total. The quantitative estimate of drug-likeness (QED) is 0.795. The number of primary amides is 1. The van der Waals surface area contributed by atoms with Crippen LogP contribution >= 0.6 is 0 Å². The van der Waals surface area contributed by atoms with Crippen LogP contribution in [0.15, 0.2) is 23.3 Å². The molecule has 0 radical (unpaired) electrons. The van der Waals surface area contributed by atoms with Crippen LogP contribution < -0.4 is 5.73 Å². The van der Waals surface area contributed by atoms with E-state index >= 15 is 0 Å². The first-order chi connectivity index (χ1) is 8.15. The third-order valence-electron chi connectivity index (χ3n) is 3.47. The van der Waals surface area contributed by atoms with Gasteiger partial charge >= 0.3 is 6.09 Å². The van der Waals surface area contributed by atoms with Crippen molar-refractivity contribution >= 4 is 6.09 Å². The molecule has 0 spiro atoms. The minimum atomic E-state index is -0.662. The second-order valence-corrected chi connectivity index (χ2v) is 4.80. The largest absolute Gasteiger partial charge is 0.446 e. The maximum atomic E-state index is 10.6. The van der Waals surface area contributed by atoms with Gasteiger partial charge in [-0.3, -0.25) is 0 Å². The minimum absolute atomic E-state index is 0.0249. The predicted molar refractivity (Wildman–Crippen MR) is 66.6 cm³/mol. The number of allylic oxidation sites excluding steroid dienone is 1. The summed E-state index contributed by atoms with van der Waals surface area (Å²) in [5.74, 6) is 0. The minimum Gasteiger partial charge on any atom is -0.446 e. The molecular formula is C13H20N2O2. The Bertz CT molecular complexity index is 360. The monoisotopic (exact) mass is 236 g/mol. The smallest absolute Gasteiger partial charge is 0.404 e. The first kappa shape index (κ1) is 12.2. The molecule has 1 heterocycles. The van der Waals surface area contributed by atoms with Gasteiger partial charge in [0, 0.05) is 19.5 Å². The lowest BCUT2D eigenvalue weighted by Gasteiger charge is -2.27. The number of ether oxygens (including phenoxy) is 1. The van der Waals surface area contributed by atoms with E-state index in [0.29, 0.717) is 0 Å². The van der Waals surface area contributed by atoms with Gasteiger partial charge in [0.25, 0.3) is 0 Å². The molecular weight excluding hydrogens is 216 g/mol. The second-order valence-electron chi connectivity index (χ2n) is 4.80. The number of nitrogens with two attached hydrogens (primary N) is 1. The summed E-state index contributed by atoms with van der Waals surface area (Å²) in [7, 11) is 2.14. The van der Waals surface area contributed by atoms with Crippen molar-refractivity contribution in [3.05, 3.63) is 23.3 Å². The van der Waals surface area contributed by atoms with Gasteiger partial charge < -0.3 is 15.4 Å². The molecule has 17 heavy (non-hydrogen) atoms. The first-order valence-electron chi connectivity index (χ1n) is 6.18. The molecule has 0 aromatic rings. The molecule has 2 rings (SSSR count). The summed E-state index contributed by atoms with van der Waals surface area (Å²) in [6.07, 6.45) is 7.64. The van der Waals surface area contributed by atoms with Crippen molar-refractivity contribution in [3.63, 3.8) is 0 Å². The number of likely N-dealkylation sites (N-methyl/N-ethyl adjacent to an activating group) is 1. The van der Waals surface area contributed by atoms with Crippen molar-refractivity contribution in [1.82, 2.24) is 4.90 Å². The van der Waals surface area contributed by atoms with Crippen molar-refractivity contribution in [3.8, 4) is 0 Å². The van der Waals surface area contributed by atoms with Gasteiger partial charge in [0.05, 0.1) is 0 Å². The molecule has 0 fully saturated rings. The Kier molecular flexibility index (Phi) is 3.84. The molecule has 0 saturated heterocycles. The zero-order valence-electron chi connectivity index (χ0n) is 10.3. The van der Waals surface area contributed by atoms with E-state index in [9.17, 15) is 4.79 Å². The van der Waals surface area contributed by atoms with Crippen LogP contribution in [0, 0.1) is 0 Å². The number of carbonyl (C=O) groups excluding carboxylic acids is 1. The number of amides is 1. The number of hydrogen-bond acceptors (Lipinski definition) is 3. The molecule has 0 bridgehead atoms. The zero-order chi connectivity index (χ0) is 12.3. The van der Waals surface area contributed by atoms with Crippen LogP contribution in [0.3, 0.4) is 0 Å². The maximum absolute atomic E-state index is 10.6. The Morgan fingerprint density at radius 3 is 2.71 bits per heavy atom. The Balaban J connectivity index is 1.92. The van der Waals surface area contributed by atoms with Crippen LogP contribution in [-0.4, -0.2) is 37.2 Å². The normalized spacial score (nSPS) is 26.1. The van der Waals surface area contributed by atoms with Gasteiger partial charge in [-0.25, -0.2) is 4.79 Å². The third kappa shape index (κ3) is 3.33. The van der Waals surface area contributed by atoms with Crippen LogP contribution in [0.5, 0.6) is 0 Å². The standard InChI is InChI=1S/C13H20N2O2/c1-15-8-6-11(7-9-15)10-2-4-12(5-3-10)17-13(14)16/h2,6,12H,3-5,7-9H2,1H3,(H2,14,16). The van der Waals surface area contributed by atoms with E-state index in [1.807, 2.05) is 0 Å². The number of nitrogens with zero attached hydrogens (tertiary/aromatic N) is 1. The van der Waals surface area contributed by atoms with E-state index in [1.54, 1.807) is 0 Å². The average Bonchev–Trinajstić information content (AvgIpc) is 2.30. The highest BCUT2D eigenvalue weighted by Gasteiger charge is 2.20. The molecule has 1 unspecified atom stereocenters. The lowest BCUT2D eigenvalue weighted by molar-refractivity contribution is 0.100. The molecule has 0 aromatic heterocycles. The van der Waals surface area contributed by atoms with Gasteiger partial charge in [0.15, 0.2) is 0 Å². The SMILES string of the molecule is CN1CC=C(C2=CCC(OC(N)=O)CC2)CC1. The van der Waals surface area contributed by atoms with Gasteiger partial charge in [-0.1, -0.05) is 12.2 Å². The van der Waals surface area contributed by atoms with Crippen LogP contribution in [0.1, 0.15) is 25.7 Å². The van der Waals surface area contributed by atoms with E-state index in [4.69, 9.17) is 10.5 Å². The van der Waals surface area contributed by atoms with Gasteiger partial charge in [0.1, 0.15) is 6.10 Å². The van der Waals surface area contributed by atoms with Crippen LogP contribution in [0.25, 0.3) is 0 Å². The Hall–Kier alpha value is -1.29. The third-order valence-corrected chi connectivity index (χ3v) is 3.47. The van der Waals surface area contributed by atoms with Crippen LogP contribution in [0.2, 0.25) is 0 Å². The van der Waals surface area contributed by atoms with Crippen LogP contribution in [-0.2, 0) is 4.74 Å². The Labute approximate surface area is 102 Å². The van der Waals surface area contributed by atoms with Crippen molar-refractivity contribution in [2.45, 2.75) is 31.8 Å². The van der Waals surface area contributed by atoms with Crippen molar-refractivity contribution in [1.29, 1.82) is 0 Å². The van der Waals surface area contributed by atoms with Gasteiger partial charge in [0.2, 0.25) is 0 Å². The van der Waals surface area contributed by atoms with E-state index < -0.39 is 6.09 Å².